The number of nitriles is 1. The van der Waals surface area contributed by atoms with E-state index in [1.54, 1.807) is 17.0 Å². The van der Waals surface area contributed by atoms with Crippen LogP contribution in [0.5, 0.6) is 0 Å². The molecule has 0 saturated carbocycles. The molecule has 3 aliphatic heterocycles. The molecule has 3 amide bonds. The first-order valence-electron chi connectivity index (χ1n) is 11.1. The highest BCUT2D eigenvalue weighted by atomic mass is 16.2. The Morgan fingerprint density at radius 3 is 2.50 bits per heavy atom. The molecule has 3 heterocycles. The first-order chi connectivity index (χ1) is 15.2. The van der Waals surface area contributed by atoms with Crippen LogP contribution in [0, 0.1) is 17.2 Å². The largest absolute Gasteiger partial charge is 0.366 e. The molecule has 3 fully saturated rings. The standard InChI is InChI=1S/C23H30N6O3/c1-13-7-17(9-24)28(10-13)22(31)19(25)12-27-11-18-8-20(27)23(32)29(18)14(2)15-3-5-16(6-4-15)21(26)30/h3-6,13-14,17-20H,7-8,10-12,25H2,1-2H3,(H2,26,30)/t13?,14-,17?,18-,19?,20?/m0/s1. The Hall–Kier alpha value is -2.96. The predicted molar refractivity (Wildman–Crippen MR) is 117 cm³/mol. The number of likely N-dealkylation sites (tertiary alicyclic amines) is 3. The van der Waals surface area contributed by atoms with Crippen molar-refractivity contribution < 1.29 is 14.4 Å². The summed E-state index contributed by atoms with van der Waals surface area (Å²) < 4.78 is 0. The zero-order chi connectivity index (χ0) is 23.2. The number of amides is 3. The van der Waals surface area contributed by atoms with Crippen LogP contribution in [0.1, 0.15) is 48.7 Å². The van der Waals surface area contributed by atoms with E-state index in [1.165, 1.54) is 0 Å². The summed E-state index contributed by atoms with van der Waals surface area (Å²) in [5.74, 6) is -0.369. The second kappa shape index (κ2) is 8.52. The summed E-state index contributed by atoms with van der Waals surface area (Å²) in [6, 6.07) is 7.70. The fourth-order valence-corrected chi connectivity index (χ4v) is 5.44. The van der Waals surface area contributed by atoms with E-state index in [0.717, 1.165) is 5.56 Å². The van der Waals surface area contributed by atoms with E-state index in [2.05, 4.69) is 6.07 Å². The summed E-state index contributed by atoms with van der Waals surface area (Å²) in [6.45, 7) is 5.53. The minimum absolute atomic E-state index is 0.0390. The average molecular weight is 439 g/mol. The van der Waals surface area contributed by atoms with E-state index < -0.39 is 18.0 Å². The van der Waals surface area contributed by atoms with Gasteiger partial charge in [0, 0.05) is 31.2 Å². The van der Waals surface area contributed by atoms with Crippen molar-refractivity contribution in [3.8, 4) is 6.07 Å². The van der Waals surface area contributed by atoms with Crippen LogP contribution in [0.3, 0.4) is 0 Å². The molecule has 3 saturated heterocycles. The average Bonchev–Trinajstić information content (AvgIpc) is 3.44. The number of fused-ring (bicyclic) bond motifs is 2. The molecule has 1 aromatic rings. The number of nitrogens with two attached hydrogens (primary N) is 2. The van der Waals surface area contributed by atoms with Crippen LogP contribution >= 0.6 is 0 Å². The van der Waals surface area contributed by atoms with Gasteiger partial charge in [0.15, 0.2) is 0 Å². The summed E-state index contributed by atoms with van der Waals surface area (Å²) >= 11 is 0. The molecule has 4 rings (SSSR count). The summed E-state index contributed by atoms with van der Waals surface area (Å²) in [5, 5.41) is 9.34. The van der Waals surface area contributed by atoms with Crippen molar-refractivity contribution >= 4 is 17.7 Å². The lowest BCUT2D eigenvalue weighted by atomic mass is 10.0. The van der Waals surface area contributed by atoms with E-state index in [-0.39, 0.29) is 35.9 Å². The molecule has 4 unspecified atom stereocenters. The third-order valence-corrected chi connectivity index (χ3v) is 7.10. The Morgan fingerprint density at radius 1 is 1.22 bits per heavy atom. The lowest BCUT2D eigenvalue weighted by Gasteiger charge is -2.38. The second-order valence-corrected chi connectivity index (χ2v) is 9.35. The van der Waals surface area contributed by atoms with E-state index in [9.17, 15) is 19.6 Å². The third-order valence-electron chi connectivity index (χ3n) is 7.10. The molecule has 3 aliphatic rings. The van der Waals surface area contributed by atoms with Crippen LogP contribution in [-0.2, 0) is 9.59 Å². The third kappa shape index (κ3) is 3.85. The molecular formula is C23H30N6O3. The van der Waals surface area contributed by atoms with Gasteiger partial charge >= 0.3 is 0 Å². The van der Waals surface area contributed by atoms with Crippen LogP contribution in [0.4, 0.5) is 0 Å². The number of hydrogen-bond acceptors (Lipinski definition) is 6. The Bertz CT molecular complexity index is 957. The zero-order valence-corrected chi connectivity index (χ0v) is 18.5. The fourth-order valence-electron chi connectivity index (χ4n) is 5.44. The molecule has 1 aromatic carbocycles. The van der Waals surface area contributed by atoms with Gasteiger partial charge in [-0.25, -0.2) is 0 Å². The van der Waals surface area contributed by atoms with Crippen molar-refractivity contribution in [1.82, 2.24) is 14.7 Å². The normalized spacial score (nSPS) is 29.2. The summed E-state index contributed by atoms with van der Waals surface area (Å²) in [4.78, 5) is 42.8. The Kier molecular flexibility index (Phi) is 5.93. The monoisotopic (exact) mass is 438 g/mol. The maximum absolute atomic E-state index is 13.1. The van der Waals surface area contributed by atoms with Gasteiger partial charge in [-0.2, -0.15) is 5.26 Å². The number of hydrogen-bond donors (Lipinski definition) is 2. The fraction of sp³-hybridized carbons (Fsp3) is 0.565. The maximum atomic E-state index is 13.1. The van der Waals surface area contributed by atoms with Gasteiger partial charge in [0.2, 0.25) is 17.7 Å². The molecule has 9 heteroatoms. The van der Waals surface area contributed by atoms with Gasteiger partial charge in [-0.3, -0.25) is 19.3 Å². The second-order valence-electron chi connectivity index (χ2n) is 9.35. The van der Waals surface area contributed by atoms with Crippen LogP contribution in [0.15, 0.2) is 24.3 Å². The zero-order valence-electron chi connectivity index (χ0n) is 18.5. The van der Waals surface area contributed by atoms with Crippen LogP contribution in [0.2, 0.25) is 0 Å². The van der Waals surface area contributed by atoms with Crippen molar-refractivity contribution in [2.75, 3.05) is 19.6 Å². The van der Waals surface area contributed by atoms with E-state index in [4.69, 9.17) is 11.5 Å². The SMILES string of the molecule is CC1CC(C#N)N(C(=O)C(N)CN2C[C@@H]3CC2C(=O)N3[C@@H](C)c2ccc(C(N)=O)cc2)C1. The summed E-state index contributed by atoms with van der Waals surface area (Å²) in [6.07, 6.45) is 1.39. The first-order valence-corrected chi connectivity index (χ1v) is 11.1. The van der Waals surface area contributed by atoms with Gasteiger partial charge in [0.05, 0.1) is 24.2 Å². The van der Waals surface area contributed by atoms with Crippen LogP contribution in [-0.4, -0.2) is 76.2 Å². The van der Waals surface area contributed by atoms with Crippen molar-refractivity contribution in [3.05, 3.63) is 35.4 Å². The van der Waals surface area contributed by atoms with Gasteiger partial charge in [-0.15, -0.1) is 0 Å². The van der Waals surface area contributed by atoms with E-state index in [1.807, 2.05) is 35.8 Å². The first kappa shape index (κ1) is 22.2. The predicted octanol–water partition coefficient (Wildman–Crippen LogP) is 0.219. The highest BCUT2D eigenvalue weighted by Crippen LogP contribution is 2.38. The molecule has 0 spiro atoms. The molecule has 6 atom stereocenters. The number of carbonyl (C=O) groups excluding carboxylic acids is 3. The molecule has 9 nitrogen and oxygen atoms in total. The smallest absolute Gasteiger partial charge is 0.248 e. The van der Waals surface area contributed by atoms with Crippen LogP contribution < -0.4 is 11.5 Å². The van der Waals surface area contributed by atoms with E-state index in [0.29, 0.717) is 38.0 Å². The van der Waals surface area contributed by atoms with Crippen molar-refractivity contribution in [3.63, 3.8) is 0 Å². The highest BCUT2D eigenvalue weighted by molar-refractivity contribution is 5.92. The maximum Gasteiger partial charge on any atom is 0.248 e. The minimum Gasteiger partial charge on any atom is -0.366 e. The van der Waals surface area contributed by atoms with Gasteiger partial charge in [-0.05, 0) is 43.4 Å². The molecule has 32 heavy (non-hydrogen) atoms. The number of nitrogens with zero attached hydrogens (tertiary/aromatic N) is 4. The number of carbonyl (C=O) groups is 3. The lowest BCUT2D eigenvalue weighted by Crippen LogP contribution is -2.56. The van der Waals surface area contributed by atoms with Crippen molar-refractivity contribution in [2.24, 2.45) is 17.4 Å². The highest BCUT2D eigenvalue weighted by Gasteiger charge is 2.51. The summed E-state index contributed by atoms with van der Waals surface area (Å²) in [5.41, 5.74) is 12.9. The quantitative estimate of drug-likeness (QED) is 0.652. The van der Waals surface area contributed by atoms with Gasteiger partial charge in [0.1, 0.15) is 6.04 Å². The minimum atomic E-state index is -0.754. The van der Waals surface area contributed by atoms with Crippen LogP contribution in [0.25, 0.3) is 0 Å². The van der Waals surface area contributed by atoms with Gasteiger partial charge in [0.25, 0.3) is 0 Å². The summed E-state index contributed by atoms with van der Waals surface area (Å²) in [7, 11) is 0. The topological polar surface area (TPSA) is 137 Å². The Labute approximate surface area is 187 Å². The van der Waals surface area contributed by atoms with E-state index >= 15 is 0 Å². The molecule has 2 bridgehead atoms. The number of rotatable bonds is 6. The van der Waals surface area contributed by atoms with Crippen molar-refractivity contribution in [1.29, 1.82) is 5.26 Å². The molecule has 170 valence electrons. The number of benzene rings is 1. The lowest BCUT2D eigenvalue weighted by molar-refractivity contribution is -0.141. The van der Waals surface area contributed by atoms with Crippen molar-refractivity contribution in [2.45, 2.75) is 56.9 Å². The molecular weight excluding hydrogens is 408 g/mol. The molecule has 0 aliphatic carbocycles. The Morgan fingerprint density at radius 2 is 1.91 bits per heavy atom. The van der Waals surface area contributed by atoms with Gasteiger partial charge < -0.3 is 21.3 Å². The van der Waals surface area contributed by atoms with Gasteiger partial charge in [-0.1, -0.05) is 19.1 Å². The Balaban J connectivity index is 1.39. The molecule has 0 radical (unpaired) electrons. The molecule has 4 N–H and O–H groups in total. The number of piperazine rings is 1. The molecule has 0 aromatic heterocycles. The number of primary amides is 1.